The van der Waals surface area contributed by atoms with Gasteiger partial charge in [-0.3, -0.25) is 4.79 Å². The quantitative estimate of drug-likeness (QED) is 0.640. The zero-order chi connectivity index (χ0) is 17.3. The van der Waals surface area contributed by atoms with Gasteiger partial charge in [-0.05, 0) is 46.5 Å². The van der Waals surface area contributed by atoms with Crippen molar-refractivity contribution in [2.24, 2.45) is 0 Å². The predicted molar refractivity (Wildman–Crippen MR) is 87.3 cm³/mol. The number of amides is 2. The number of hydrogen-bond acceptors (Lipinski definition) is 5. The number of unbranched alkanes of at least 4 members (excludes halogenated alkanes) is 2. The summed E-state index contributed by atoms with van der Waals surface area (Å²) in [5.41, 5.74) is -0.618. The van der Waals surface area contributed by atoms with Gasteiger partial charge in [0.25, 0.3) is 5.91 Å². The molecule has 23 heavy (non-hydrogen) atoms. The van der Waals surface area contributed by atoms with Crippen molar-refractivity contribution in [2.45, 2.75) is 71.4 Å². The minimum absolute atomic E-state index is 0.0597. The standard InChI is InChI=1S/C17H31NO5/c1-5-6-10-21-11-8-7-9-14-12-22-13-15(19)18(14)16(20)23-17(2,3)4/h14H,5-13H2,1-4H3/t14-/m1/s1. The number of ether oxygens (including phenoxy) is 3. The molecule has 6 heteroatoms. The molecule has 1 heterocycles. The third-order valence-corrected chi connectivity index (χ3v) is 3.48. The predicted octanol–water partition coefficient (Wildman–Crippen LogP) is 3.14. The molecule has 0 radical (unpaired) electrons. The Hall–Kier alpha value is -1.14. The summed E-state index contributed by atoms with van der Waals surface area (Å²) in [6, 6.07) is -0.248. The molecule has 0 aromatic heterocycles. The van der Waals surface area contributed by atoms with E-state index in [1.54, 1.807) is 20.8 Å². The van der Waals surface area contributed by atoms with Crippen LogP contribution in [0.2, 0.25) is 0 Å². The van der Waals surface area contributed by atoms with Crippen molar-refractivity contribution >= 4 is 12.0 Å². The lowest BCUT2D eigenvalue weighted by molar-refractivity contribution is -0.146. The first-order valence-electron chi connectivity index (χ1n) is 8.55. The topological polar surface area (TPSA) is 65.1 Å². The molecule has 1 rings (SSSR count). The number of nitrogens with zero attached hydrogens (tertiary/aromatic N) is 1. The van der Waals surface area contributed by atoms with Gasteiger partial charge in [-0.2, -0.15) is 0 Å². The van der Waals surface area contributed by atoms with Crippen LogP contribution in [0.1, 0.15) is 59.8 Å². The molecule has 0 N–H and O–H groups in total. The fourth-order valence-electron chi connectivity index (χ4n) is 2.34. The van der Waals surface area contributed by atoms with Gasteiger partial charge in [0, 0.05) is 13.2 Å². The van der Waals surface area contributed by atoms with Gasteiger partial charge in [0.2, 0.25) is 0 Å². The van der Waals surface area contributed by atoms with Gasteiger partial charge >= 0.3 is 6.09 Å². The van der Waals surface area contributed by atoms with Gasteiger partial charge in [0.05, 0.1) is 12.6 Å². The van der Waals surface area contributed by atoms with Gasteiger partial charge in [-0.25, -0.2) is 9.69 Å². The van der Waals surface area contributed by atoms with Gasteiger partial charge in [-0.15, -0.1) is 0 Å². The van der Waals surface area contributed by atoms with E-state index in [-0.39, 0.29) is 18.6 Å². The average molecular weight is 329 g/mol. The Balaban J connectivity index is 2.41. The second kappa shape index (κ2) is 9.88. The molecule has 1 saturated heterocycles. The molecule has 1 fully saturated rings. The molecule has 0 aliphatic carbocycles. The Bertz CT molecular complexity index is 378. The summed E-state index contributed by atoms with van der Waals surface area (Å²) in [5.74, 6) is -0.324. The van der Waals surface area contributed by atoms with E-state index in [2.05, 4.69) is 6.92 Å². The lowest BCUT2D eigenvalue weighted by Crippen LogP contribution is -2.53. The second-order valence-corrected chi connectivity index (χ2v) is 6.87. The minimum Gasteiger partial charge on any atom is -0.443 e. The van der Waals surface area contributed by atoms with Crippen LogP contribution in [0.4, 0.5) is 4.79 Å². The SMILES string of the molecule is CCCCOCCCC[C@@H]1COCC(=O)N1C(=O)OC(C)(C)C. The summed E-state index contributed by atoms with van der Waals surface area (Å²) in [6.07, 6.45) is 4.14. The van der Waals surface area contributed by atoms with Gasteiger partial charge in [-0.1, -0.05) is 13.3 Å². The first-order valence-corrected chi connectivity index (χ1v) is 8.55. The maximum atomic E-state index is 12.2. The third-order valence-electron chi connectivity index (χ3n) is 3.48. The van der Waals surface area contributed by atoms with E-state index in [9.17, 15) is 9.59 Å². The van der Waals surface area contributed by atoms with Crippen LogP contribution in [-0.4, -0.2) is 55.0 Å². The normalized spacial score (nSPS) is 19.0. The van der Waals surface area contributed by atoms with E-state index in [1.807, 2.05) is 0 Å². The highest BCUT2D eigenvalue weighted by Crippen LogP contribution is 2.19. The lowest BCUT2D eigenvalue weighted by Gasteiger charge is -2.35. The van der Waals surface area contributed by atoms with E-state index >= 15 is 0 Å². The molecule has 6 nitrogen and oxygen atoms in total. The Labute approximate surface area is 139 Å². The number of carbonyl (C=O) groups excluding carboxylic acids is 2. The molecule has 0 spiro atoms. The Kier molecular flexibility index (Phi) is 8.55. The van der Waals surface area contributed by atoms with E-state index in [0.717, 1.165) is 32.3 Å². The van der Waals surface area contributed by atoms with Crippen molar-refractivity contribution in [3.8, 4) is 0 Å². The van der Waals surface area contributed by atoms with Crippen LogP contribution in [0, 0.1) is 0 Å². The molecule has 1 aliphatic rings. The fourth-order valence-corrected chi connectivity index (χ4v) is 2.34. The number of imide groups is 1. The van der Waals surface area contributed by atoms with E-state index in [1.165, 1.54) is 4.90 Å². The summed E-state index contributed by atoms with van der Waals surface area (Å²) in [6.45, 7) is 9.33. The Morgan fingerprint density at radius 3 is 2.61 bits per heavy atom. The largest absolute Gasteiger partial charge is 0.443 e. The monoisotopic (exact) mass is 329 g/mol. The smallest absolute Gasteiger partial charge is 0.417 e. The molecule has 1 aliphatic heterocycles. The number of hydrogen-bond donors (Lipinski definition) is 0. The summed E-state index contributed by atoms with van der Waals surface area (Å²) >= 11 is 0. The van der Waals surface area contributed by atoms with E-state index in [4.69, 9.17) is 14.2 Å². The molecule has 0 bridgehead atoms. The molecular formula is C17H31NO5. The van der Waals surface area contributed by atoms with Crippen molar-refractivity contribution in [2.75, 3.05) is 26.4 Å². The Morgan fingerprint density at radius 1 is 1.26 bits per heavy atom. The van der Waals surface area contributed by atoms with Crippen LogP contribution in [0.15, 0.2) is 0 Å². The van der Waals surface area contributed by atoms with Crippen LogP contribution >= 0.6 is 0 Å². The molecule has 0 unspecified atom stereocenters. The van der Waals surface area contributed by atoms with Crippen LogP contribution in [0.5, 0.6) is 0 Å². The first-order chi connectivity index (χ1) is 10.8. The van der Waals surface area contributed by atoms with Crippen LogP contribution in [0.3, 0.4) is 0 Å². The third kappa shape index (κ3) is 7.79. The molecule has 0 saturated carbocycles. The van der Waals surface area contributed by atoms with Crippen molar-refractivity contribution in [3.63, 3.8) is 0 Å². The van der Waals surface area contributed by atoms with Crippen LogP contribution in [0.25, 0.3) is 0 Å². The highest BCUT2D eigenvalue weighted by atomic mass is 16.6. The van der Waals surface area contributed by atoms with E-state index in [0.29, 0.717) is 19.6 Å². The summed E-state index contributed by atoms with van der Waals surface area (Å²) in [5, 5.41) is 0. The van der Waals surface area contributed by atoms with Crippen molar-refractivity contribution in [3.05, 3.63) is 0 Å². The second-order valence-electron chi connectivity index (χ2n) is 6.87. The van der Waals surface area contributed by atoms with Gasteiger partial charge in [0.15, 0.2) is 0 Å². The van der Waals surface area contributed by atoms with E-state index < -0.39 is 11.7 Å². The highest BCUT2D eigenvalue weighted by Gasteiger charge is 2.36. The summed E-state index contributed by atoms with van der Waals surface area (Å²) < 4.78 is 16.1. The highest BCUT2D eigenvalue weighted by molar-refractivity contribution is 5.93. The van der Waals surface area contributed by atoms with Gasteiger partial charge < -0.3 is 14.2 Å². The van der Waals surface area contributed by atoms with Crippen LogP contribution in [-0.2, 0) is 19.0 Å². The number of carbonyl (C=O) groups is 2. The minimum atomic E-state index is -0.618. The van der Waals surface area contributed by atoms with Crippen molar-refractivity contribution < 1.29 is 23.8 Å². The Morgan fingerprint density at radius 2 is 1.96 bits per heavy atom. The molecule has 2 amide bonds. The molecular weight excluding hydrogens is 298 g/mol. The fraction of sp³-hybridized carbons (Fsp3) is 0.882. The summed E-state index contributed by atoms with van der Waals surface area (Å²) in [4.78, 5) is 25.5. The van der Waals surface area contributed by atoms with Crippen molar-refractivity contribution in [1.29, 1.82) is 0 Å². The van der Waals surface area contributed by atoms with Gasteiger partial charge in [0.1, 0.15) is 12.2 Å². The average Bonchev–Trinajstić information content (AvgIpc) is 2.44. The lowest BCUT2D eigenvalue weighted by atomic mass is 10.1. The zero-order valence-corrected chi connectivity index (χ0v) is 14.9. The molecule has 0 aromatic rings. The maximum Gasteiger partial charge on any atom is 0.417 e. The number of rotatable bonds is 8. The molecule has 0 aromatic carbocycles. The molecule has 1 atom stereocenters. The van der Waals surface area contributed by atoms with Crippen LogP contribution < -0.4 is 0 Å². The first kappa shape index (κ1) is 19.9. The number of morpholine rings is 1. The maximum absolute atomic E-state index is 12.2. The zero-order valence-electron chi connectivity index (χ0n) is 14.9. The summed E-state index contributed by atoms with van der Waals surface area (Å²) in [7, 11) is 0. The van der Waals surface area contributed by atoms with Crippen molar-refractivity contribution in [1.82, 2.24) is 4.90 Å². The molecule has 134 valence electrons.